The molecule has 0 saturated heterocycles. The molecule has 0 amide bonds. The fourth-order valence-electron chi connectivity index (χ4n) is 1.80. The summed E-state index contributed by atoms with van der Waals surface area (Å²) in [5, 5.41) is 3.44. The van der Waals surface area contributed by atoms with Gasteiger partial charge < -0.3 is 4.52 Å². The summed E-state index contributed by atoms with van der Waals surface area (Å²) in [5.41, 5.74) is -0.278. The van der Waals surface area contributed by atoms with E-state index in [1.165, 1.54) is 0 Å². The maximum Gasteiger partial charge on any atom is 0.332 e. The Bertz CT molecular complexity index is 345. The fraction of sp³-hybridized carbons (Fsp3) is 1.00. The molecule has 0 bridgehead atoms. The van der Waals surface area contributed by atoms with Gasteiger partial charge in [0.2, 0.25) is 0 Å². The van der Waals surface area contributed by atoms with Gasteiger partial charge in [0.1, 0.15) is 6.23 Å². The average Bonchev–Trinajstić information content (AvgIpc) is 2.33. The molecule has 4 nitrogen and oxygen atoms in total. The predicted octanol–water partition coefficient (Wildman–Crippen LogP) is 5.57. The highest BCUT2D eigenvalue weighted by Gasteiger charge is 2.36. The minimum absolute atomic E-state index is 0.114. The van der Waals surface area contributed by atoms with Gasteiger partial charge in [-0.05, 0) is 33.6 Å². The van der Waals surface area contributed by atoms with Gasteiger partial charge in [-0.25, -0.2) is 0 Å². The molecule has 0 aliphatic heterocycles. The average molecular weight is 335 g/mol. The van der Waals surface area contributed by atoms with Gasteiger partial charge >= 0.3 is 7.60 Å². The van der Waals surface area contributed by atoms with Crippen molar-refractivity contribution in [1.82, 2.24) is 5.32 Å². The van der Waals surface area contributed by atoms with Crippen LogP contribution in [0.4, 0.5) is 0 Å². The molecule has 0 fully saturated rings. The lowest BCUT2D eigenvalue weighted by Crippen LogP contribution is -2.50. The number of hydrogen-bond donors (Lipinski definition) is 1. The molecule has 0 saturated carbocycles. The monoisotopic (exact) mass is 335 g/mol. The molecule has 0 aromatic rings. The van der Waals surface area contributed by atoms with E-state index >= 15 is 0 Å². The third-order valence-corrected chi connectivity index (χ3v) is 5.16. The summed E-state index contributed by atoms with van der Waals surface area (Å²) in [6, 6.07) is 0. The summed E-state index contributed by atoms with van der Waals surface area (Å²) in [7, 11) is -3.07. The van der Waals surface area contributed by atoms with Crippen LogP contribution in [0.25, 0.3) is 0 Å². The Morgan fingerprint density at radius 3 is 1.95 bits per heavy atom. The standard InChI is InChI=1S/C17H38NO3P/c1-9-11-13-20-22(19,14-12-10-2)21-15(16(3,4)5)18-17(6,7)8/h15,18H,9-14H2,1-8H3. The van der Waals surface area contributed by atoms with E-state index in [1.54, 1.807) is 0 Å². The maximum absolute atomic E-state index is 13.1. The van der Waals surface area contributed by atoms with E-state index in [0.717, 1.165) is 25.7 Å². The third-order valence-electron chi connectivity index (χ3n) is 3.19. The Labute approximate surface area is 138 Å². The number of nitrogens with one attached hydrogen (secondary N) is 1. The van der Waals surface area contributed by atoms with Crippen molar-refractivity contribution < 1.29 is 13.6 Å². The van der Waals surface area contributed by atoms with Crippen LogP contribution in [0, 0.1) is 5.41 Å². The molecular formula is C17H38NO3P. The smallest absolute Gasteiger partial charge is 0.309 e. The second kappa shape index (κ2) is 9.42. The number of unbranched alkanes of at least 4 members (excludes halogenated alkanes) is 2. The van der Waals surface area contributed by atoms with Crippen LogP contribution in [0.3, 0.4) is 0 Å². The van der Waals surface area contributed by atoms with E-state index in [9.17, 15) is 4.57 Å². The third kappa shape index (κ3) is 9.99. The van der Waals surface area contributed by atoms with Crippen molar-refractivity contribution in [2.75, 3.05) is 12.8 Å². The Kier molecular flexibility index (Phi) is 9.46. The molecule has 0 aromatic heterocycles. The van der Waals surface area contributed by atoms with Crippen LogP contribution in [0.5, 0.6) is 0 Å². The molecule has 134 valence electrons. The van der Waals surface area contributed by atoms with Gasteiger partial charge in [-0.1, -0.05) is 47.5 Å². The fourth-order valence-corrected chi connectivity index (χ4v) is 3.90. The Balaban J connectivity index is 5.05. The molecule has 0 aliphatic carbocycles. The molecule has 2 atom stereocenters. The van der Waals surface area contributed by atoms with Crippen molar-refractivity contribution in [3.63, 3.8) is 0 Å². The van der Waals surface area contributed by atoms with Gasteiger partial charge in [0, 0.05) is 11.0 Å². The molecule has 1 N–H and O–H groups in total. The first kappa shape index (κ1) is 22.1. The molecule has 0 aliphatic rings. The first-order valence-electron chi connectivity index (χ1n) is 8.63. The number of hydrogen-bond acceptors (Lipinski definition) is 4. The lowest BCUT2D eigenvalue weighted by Gasteiger charge is -2.38. The first-order chi connectivity index (χ1) is 9.93. The largest absolute Gasteiger partial charge is 0.332 e. The molecule has 0 radical (unpaired) electrons. The normalized spacial score (nSPS) is 17.3. The SMILES string of the molecule is CCCCOP(=O)(CCCC)OC(NC(C)(C)C)C(C)(C)C. The highest BCUT2D eigenvalue weighted by molar-refractivity contribution is 7.53. The highest BCUT2D eigenvalue weighted by Crippen LogP contribution is 2.52. The quantitative estimate of drug-likeness (QED) is 0.322. The summed E-state index contributed by atoms with van der Waals surface area (Å²) < 4.78 is 24.9. The van der Waals surface area contributed by atoms with E-state index in [4.69, 9.17) is 9.05 Å². The van der Waals surface area contributed by atoms with Crippen LogP contribution in [-0.4, -0.2) is 24.5 Å². The molecule has 22 heavy (non-hydrogen) atoms. The van der Waals surface area contributed by atoms with Crippen molar-refractivity contribution in [3.05, 3.63) is 0 Å². The maximum atomic E-state index is 13.1. The molecule has 5 heteroatoms. The van der Waals surface area contributed by atoms with Crippen LogP contribution in [0.1, 0.15) is 81.1 Å². The first-order valence-corrected chi connectivity index (χ1v) is 10.4. The van der Waals surface area contributed by atoms with Gasteiger partial charge in [-0.3, -0.25) is 14.4 Å². The van der Waals surface area contributed by atoms with E-state index in [2.05, 4.69) is 60.7 Å². The Hall–Kier alpha value is 0.110. The Morgan fingerprint density at radius 2 is 1.55 bits per heavy atom. The summed E-state index contributed by atoms with van der Waals surface area (Å²) in [4.78, 5) is 0. The molecular weight excluding hydrogens is 297 g/mol. The summed E-state index contributed by atoms with van der Waals surface area (Å²) in [6.45, 7) is 17.2. The summed E-state index contributed by atoms with van der Waals surface area (Å²) >= 11 is 0. The van der Waals surface area contributed by atoms with Crippen LogP contribution in [0.15, 0.2) is 0 Å². The van der Waals surface area contributed by atoms with Gasteiger partial charge in [0.15, 0.2) is 0 Å². The van der Waals surface area contributed by atoms with Gasteiger partial charge in [0.05, 0.1) is 12.8 Å². The van der Waals surface area contributed by atoms with E-state index < -0.39 is 7.60 Å². The van der Waals surface area contributed by atoms with Gasteiger partial charge in [-0.15, -0.1) is 0 Å². The van der Waals surface area contributed by atoms with Crippen molar-refractivity contribution in [1.29, 1.82) is 0 Å². The van der Waals surface area contributed by atoms with Gasteiger partial charge in [-0.2, -0.15) is 0 Å². The molecule has 0 heterocycles. The van der Waals surface area contributed by atoms with Crippen molar-refractivity contribution >= 4 is 7.60 Å². The highest BCUT2D eigenvalue weighted by atomic mass is 31.2. The van der Waals surface area contributed by atoms with Crippen LogP contribution in [-0.2, 0) is 13.6 Å². The van der Waals surface area contributed by atoms with Crippen molar-refractivity contribution in [2.24, 2.45) is 5.41 Å². The summed E-state index contributed by atoms with van der Waals surface area (Å²) in [5.74, 6) is 0. The minimum atomic E-state index is -3.07. The molecule has 0 rings (SSSR count). The summed E-state index contributed by atoms with van der Waals surface area (Å²) in [6.07, 6.45) is 3.96. The topological polar surface area (TPSA) is 47.6 Å². The van der Waals surface area contributed by atoms with Gasteiger partial charge in [0.25, 0.3) is 0 Å². The van der Waals surface area contributed by atoms with E-state index in [1.807, 2.05) is 0 Å². The second-order valence-corrected chi connectivity index (χ2v) is 10.3. The van der Waals surface area contributed by atoms with E-state index in [0.29, 0.717) is 12.8 Å². The minimum Gasteiger partial charge on any atom is -0.309 e. The van der Waals surface area contributed by atoms with Crippen LogP contribution >= 0.6 is 7.60 Å². The lowest BCUT2D eigenvalue weighted by atomic mass is 9.92. The molecule has 0 spiro atoms. The number of rotatable bonds is 10. The molecule has 0 aromatic carbocycles. The van der Waals surface area contributed by atoms with Crippen LogP contribution in [0.2, 0.25) is 0 Å². The molecule has 2 unspecified atom stereocenters. The second-order valence-electron chi connectivity index (χ2n) is 8.12. The zero-order chi connectivity index (χ0) is 17.4. The zero-order valence-corrected chi connectivity index (χ0v) is 16.9. The van der Waals surface area contributed by atoms with Crippen LogP contribution < -0.4 is 5.32 Å². The predicted molar refractivity (Wildman–Crippen MR) is 95.5 cm³/mol. The zero-order valence-electron chi connectivity index (χ0n) is 16.0. The Morgan fingerprint density at radius 1 is 1.00 bits per heavy atom. The van der Waals surface area contributed by atoms with E-state index in [-0.39, 0.29) is 17.2 Å². The van der Waals surface area contributed by atoms with Crippen molar-refractivity contribution in [2.45, 2.75) is 92.8 Å². The van der Waals surface area contributed by atoms with Crippen molar-refractivity contribution in [3.8, 4) is 0 Å². The lowest BCUT2D eigenvalue weighted by molar-refractivity contribution is 0.0191.